The van der Waals surface area contributed by atoms with Gasteiger partial charge < -0.3 is 5.32 Å². The van der Waals surface area contributed by atoms with Gasteiger partial charge >= 0.3 is 6.18 Å². The first-order valence-electron chi connectivity index (χ1n) is 6.76. The van der Waals surface area contributed by atoms with E-state index in [9.17, 15) is 26.4 Å². The predicted molar refractivity (Wildman–Crippen MR) is 87.1 cm³/mol. The first-order valence-corrected chi connectivity index (χ1v) is 8.62. The van der Waals surface area contributed by atoms with Gasteiger partial charge in [-0.25, -0.2) is 13.1 Å². The number of hydrogen-bond acceptors (Lipinski definition) is 3. The molecule has 5 nitrogen and oxygen atoms in total. The van der Waals surface area contributed by atoms with Crippen LogP contribution in [0.2, 0.25) is 5.02 Å². The number of alkyl halides is 3. The molecule has 0 saturated carbocycles. The van der Waals surface area contributed by atoms with E-state index in [2.05, 4.69) is 10.0 Å². The number of carbonyl (C=O) groups is 1. The number of anilines is 1. The fourth-order valence-electron chi connectivity index (χ4n) is 1.91. The molecule has 0 fully saturated rings. The molecule has 134 valence electrons. The van der Waals surface area contributed by atoms with Crippen molar-refractivity contribution in [1.82, 2.24) is 4.72 Å². The van der Waals surface area contributed by atoms with Gasteiger partial charge in [0, 0.05) is 5.56 Å². The van der Waals surface area contributed by atoms with Crippen LogP contribution >= 0.6 is 11.6 Å². The summed E-state index contributed by atoms with van der Waals surface area (Å²) < 4.78 is 63.9. The lowest BCUT2D eigenvalue weighted by molar-refractivity contribution is -0.137. The van der Waals surface area contributed by atoms with Crippen molar-refractivity contribution < 1.29 is 26.4 Å². The summed E-state index contributed by atoms with van der Waals surface area (Å²) in [5, 5.41) is 2.17. The zero-order chi connectivity index (χ0) is 18.8. The highest BCUT2D eigenvalue weighted by Gasteiger charge is 2.31. The van der Waals surface area contributed by atoms with Crippen LogP contribution in [-0.2, 0) is 16.2 Å². The highest BCUT2D eigenvalue weighted by Crippen LogP contribution is 2.34. The molecule has 0 aliphatic rings. The van der Waals surface area contributed by atoms with Gasteiger partial charge in [-0.05, 0) is 43.4 Å². The van der Waals surface area contributed by atoms with Crippen LogP contribution in [0.15, 0.2) is 47.4 Å². The molecule has 0 spiro atoms. The molecule has 0 unspecified atom stereocenters. The fourth-order valence-corrected chi connectivity index (χ4v) is 2.85. The summed E-state index contributed by atoms with van der Waals surface area (Å²) in [6.07, 6.45) is -4.59. The average Bonchev–Trinajstić information content (AvgIpc) is 2.56. The van der Waals surface area contributed by atoms with E-state index in [-0.39, 0.29) is 21.2 Å². The third-order valence-corrected chi connectivity index (χ3v) is 4.96. The van der Waals surface area contributed by atoms with Crippen LogP contribution in [0.3, 0.4) is 0 Å². The maximum absolute atomic E-state index is 12.8. The van der Waals surface area contributed by atoms with Crippen molar-refractivity contribution in [2.45, 2.75) is 11.1 Å². The maximum atomic E-state index is 12.8. The van der Waals surface area contributed by atoms with Gasteiger partial charge in [-0.1, -0.05) is 17.7 Å². The van der Waals surface area contributed by atoms with Crippen LogP contribution < -0.4 is 10.0 Å². The lowest BCUT2D eigenvalue weighted by Gasteiger charge is -2.12. The molecule has 0 atom stereocenters. The molecule has 2 aromatic rings. The lowest BCUT2D eigenvalue weighted by Crippen LogP contribution is -2.20. The van der Waals surface area contributed by atoms with Crippen LogP contribution in [0, 0.1) is 0 Å². The average molecular weight is 393 g/mol. The van der Waals surface area contributed by atoms with Gasteiger partial charge in [-0.2, -0.15) is 13.2 Å². The molecule has 10 heteroatoms. The van der Waals surface area contributed by atoms with Crippen LogP contribution in [0.4, 0.5) is 18.9 Å². The largest absolute Gasteiger partial charge is 0.416 e. The Kier molecular flexibility index (Phi) is 5.40. The molecule has 0 aromatic heterocycles. The number of rotatable bonds is 4. The molecule has 0 bridgehead atoms. The van der Waals surface area contributed by atoms with Crippen molar-refractivity contribution in [3.05, 3.63) is 58.6 Å². The second-order valence-electron chi connectivity index (χ2n) is 4.88. The quantitative estimate of drug-likeness (QED) is 0.836. The summed E-state index contributed by atoms with van der Waals surface area (Å²) in [5.41, 5.74) is -1.26. The van der Waals surface area contributed by atoms with Gasteiger partial charge in [0.05, 0.1) is 21.2 Å². The number of nitrogens with one attached hydrogen (secondary N) is 2. The van der Waals surface area contributed by atoms with Gasteiger partial charge in [0.2, 0.25) is 10.0 Å². The monoisotopic (exact) mass is 392 g/mol. The highest BCUT2D eigenvalue weighted by atomic mass is 35.5. The van der Waals surface area contributed by atoms with E-state index in [0.717, 1.165) is 18.2 Å². The van der Waals surface area contributed by atoms with E-state index in [1.54, 1.807) is 0 Å². The smallest absolute Gasteiger partial charge is 0.321 e. The van der Waals surface area contributed by atoms with E-state index < -0.39 is 27.7 Å². The molecular weight excluding hydrogens is 381 g/mol. The van der Waals surface area contributed by atoms with E-state index in [0.29, 0.717) is 6.07 Å². The van der Waals surface area contributed by atoms with Crippen LogP contribution in [0.5, 0.6) is 0 Å². The topological polar surface area (TPSA) is 75.3 Å². The summed E-state index contributed by atoms with van der Waals surface area (Å²) in [6.45, 7) is 0. The number of sulfonamides is 1. The molecule has 2 N–H and O–H groups in total. The van der Waals surface area contributed by atoms with E-state index >= 15 is 0 Å². The van der Waals surface area contributed by atoms with Gasteiger partial charge in [0.1, 0.15) is 0 Å². The Morgan fingerprint density at radius 2 is 1.80 bits per heavy atom. The SMILES string of the molecule is CNS(=O)(=O)c1cccc(C(=O)Nc2cc(C(F)(F)F)ccc2Cl)c1. The second-order valence-corrected chi connectivity index (χ2v) is 7.18. The molecule has 2 rings (SSSR count). The van der Waals surface area contributed by atoms with Crippen LogP contribution in [-0.4, -0.2) is 21.4 Å². The van der Waals surface area contributed by atoms with Crippen molar-refractivity contribution in [3.63, 3.8) is 0 Å². The normalized spacial score (nSPS) is 12.0. The maximum Gasteiger partial charge on any atom is 0.416 e. The van der Waals surface area contributed by atoms with Crippen LogP contribution in [0.25, 0.3) is 0 Å². The summed E-state index contributed by atoms with van der Waals surface area (Å²) in [5.74, 6) is -0.797. The fraction of sp³-hybridized carbons (Fsp3) is 0.133. The molecule has 2 aromatic carbocycles. The van der Waals surface area contributed by atoms with Crippen molar-refractivity contribution >= 4 is 33.2 Å². The third-order valence-electron chi connectivity index (χ3n) is 3.22. The molecule has 0 saturated heterocycles. The van der Waals surface area contributed by atoms with Crippen molar-refractivity contribution in [3.8, 4) is 0 Å². The molecule has 1 amide bonds. The molecular formula is C15H12ClF3N2O3S. The molecule has 0 heterocycles. The van der Waals surface area contributed by atoms with E-state index in [4.69, 9.17) is 11.6 Å². The second kappa shape index (κ2) is 7.03. The van der Waals surface area contributed by atoms with Crippen LogP contribution in [0.1, 0.15) is 15.9 Å². The van der Waals surface area contributed by atoms with Gasteiger partial charge in [-0.3, -0.25) is 4.79 Å². The van der Waals surface area contributed by atoms with Crippen molar-refractivity contribution in [2.24, 2.45) is 0 Å². The lowest BCUT2D eigenvalue weighted by atomic mass is 10.1. The predicted octanol–water partition coefficient (Wildman–Crippen LogP) is 3.52. The zero-order valence-electron chi connectivity index (χ0n) is 12.7. The zero-order valence-corrected chi connectivity index (χ0v) is 14.3. The molecule has 0 radical (unpaired) electrons. The summed E-state index contributed by atoms with van der Waals surface area (Å²) in [4.78, 5) is 12.1. The minimum Gasteiger partial charge on any atom is -0.321 e. The number of benzene rings is 2. The number of hydrogen-bond donors (Lipinski definition) is 2. The highest BCUT2D eigenvalue weighted by molar-refractivity contribution is 7.89. The standard InChI is InChI=1S/C15H12ClF3N2O3S/c1-20-25(23,24)11-4-2-3-9(7-11)14(22)21-13-8-10(15(17,18)19)5-6-12(13)16/h2-8,20H,1H3,(H,21,22). The van der Waals surface area contributed by atoms with E-state index in [1.165, 1.54) is 25.2 Å². The summed E-state index contributed by atoms with van der Waals surface area (Å²) >= 11 is 5.82. The number of amides is 1. The Labute approximate surface area is 146 Å². The van der Waals surface area contributed by atoms with Gasteiger partial charge in [0.25, 0.3) is 5.91 Å². The number of carbonyl (C=O) groups excluding carboxylic acids is 1. The first kappa shape index (κ1) is 19.2. The Morgan fingerprint density at radius 3 is 2.40 bits per heavy atom. The van der Waals surface area contributed by atoms with E-state index in [1.807, 2.05) is 0 Å². The van der Waals surface area contributed by atoms with Crippen molar-refractivity contribution in [1.29, 1.82) is 0 Å². The van der Waals surface area contributed by atoms with Gasteiger partial charge in [0.15, 0.2) is 0 Å². The number of halogens is 4. The summed E-state index contributed by atoms with van der Waals surface area (Å²) in [6, 6.07) is 7.55. The molecule has 0 aliphatic carbocycles. The molecule has 25 heavy (non-hydrogen) atoms. The Morgan fingerprint density at radius 1 is 1.12 bits per heavy atom. The minimum atomic E-state index is -4.59. The third kappa shape index (κ3) is 4.50. The Balaban J connectivity index is 2.34. The first-order chi connectivity index (χ1) is 11.5. The van der Waals surface area contributed by atoms with Crippen molar-refractivity contribution in [2.75, 3.05) is 12.4 Å². The Bertz CT molecular complexity index is 914. The molecule has 0 aliphatic heterocycles. The minimum absolute atomic E-state index is 0.0511. The Hall–Kier alpha value is -2.10. The summed E-state index contributed by atoms with van der Waals surface area (Å²) in [7, 11) is -2.55. The van der Waals surface area contributed by atoms with Gasteiger partial charge in [-0.15, -0.1) is 0 Å².